The Morgan fingerprint density at radius 1 is 0.897 bits per heavy atom. The third kappa shape index (κ3) is 8.86. The Morgan fingerprint density at radius 2 is 1.56 bits per heavy atom. The van der Waals surface area contributed by atoms with E-state index >= 15 is 0 Å². The molecule has 1 unspecified atom stereocenters. The predicted molar refractivity (Wildman–Crippen MR) is 158 cm³/mol. The van der Waals surface area contributed by atoms with Crippen molar-refractivity contribution in [3.8, 4) is 0 Å². The molecule has 0 aliphatic rings. The number of benzene rings is 3. The van der Waals surface area contributed by atoms with Gasteiger partial charge in [0.25, 0.3) is 0 Å². The lowest BCUT2D eigenvalue weighted by Gasteiger charge is -2.33. The molecule has 0 bridgehead atoms. The summed E-state index contributed by atoms with van der Waals surface area (Å²) in [5.41, 5.74) is 1.76. The molecule has 0 spiro atoms. The van der Waals surface area contributed by atoms with E-state index in [1.54, 1.807) is 30.3 Å². The van der Waals surface area contributed by atoms with Gasteiger partial charge in [0, 0.05) is 24.5 Å². The normalized spacial score (nSPS) is 12.0. The summed E-state index contributed by atoms with van der Waals surface area (Å²) in [5.74, 6) is -0.902. The second kappa shape index (κ2) is 14.0. The van der Waals surface area contributed by atoms with Gasteiger partial charge in [0.15, 0.2) is 0 Å². The fourth-order valence-corrected chi connectivity index (χ4v) is 5.27. The van der Waals surface area contributed by atoms with Crippen molar-refractivity contribution in [2.45, 2.75) is 32.4 Å². The number of rotatable bonds is 12. The SMILES string of the molecule is CCCNC(=O)C(Cc1ccccc1)N(Cc1ccc(Cl)c(Cl)c1)C(=O)CN(c1ccc(Cl)cc1)S(C)(=O)=O. The van der Waals surface area contributed by atoms with Crippen LogP contribution in [0.25, 0.3) is 0 Å². The lowest BCUT2D eigenvalue weighted by molar-refractivity contribution is -0.140. The van der Waals surface area contributed by atoms with Crippen molar-refractivity contribution in [1.82, 2.24) is 10.2 Å². The highest BCUT2D eigenvalue weighted by molar-refractivity contribution is 7.92. The molecule has 0 saturated carbocycles. The van der Waals surface area contributed by atoms with Crippen LogP contribution in [0, 0.1) is 0 Å². The maximum Gasteiger partial charge on any atom is 0.244 e. The standard InChI is InChI=1S/C28H30Cl3N3O4S/c1-3-15-32-28(36)26(17-20-7-5-4-6-8-20)33(18-21-9-14-24(30)25(31)16-21)27(35)19-34(39(2,37)38)23-12-10-22(29)11-13-23/h4-14,16,26H,3,15,17-19H2,1-2H3,(H,32,36). The van der Waals surface area contributed by atoms with E-state index in [0.29, 0.717) is 33.6 Å². The summed E-state index contributed by atoms with van der Waals surface area (Å²) in [6, 6.07) is 19.5. The molecule has 39 heavy (non-hydrogen) atoms. The second-order valence-corrected chi connectivity index (χ2v) is 12.2. The van der Waals surface area contributed by atoms with E-state index in [4.69, 9.17) is 34.8 Å². The van der Waals surface area contributed by atoms with E-state index in [9.17, 15) is 18.0 Å². The Hall–Kier alpha value is -2.78. The zero-order valence-corrected chi connectivity index (χ0v) is 24.7. The number of hydrogen-bond donors (Lipinski definition) is 1. The molecule has 0 radical (unpaired) electrons. The van der Waals surface area contributed by atoms with Crippen LogP contribution in [0.2, 0.25) is 15.1 Å². The van der Waals surface area contributed by atoms with Gasteiger partial charge in [-0.3, -0.25) is 13.9 Å². The predicted octanol–water partition coefficient (Wildman–Crippen LogP) is 5.58. The minimum atomic E-state index is -3.86. The molecule has 1 N–H and O–H groups in total. The highest BCUT2D eigenvalue weighted by Gasteiger charge is 2.33. The largest absolute Gasteiger partial charge is 0.354 e. The molecule has 7 nitrogen and oxygen atoms in total. The van der Waals surface area contributed by atoms with Crippen molar-refractivity contribution in [3.05, 3.63) is 99.0 Å². The van der Waals surface area contributed by atoms with Gasteiger partial charge in [0.1, 0.15) is 12.6 Å². The fourth-order valence-electron chi connectivity index (χ4n) is 3.98. The van der Waals surface area contributed by atoms with Crippen LogP contribution in [0.3, 0.4) is 0 Å². The van der Waals surface area contributed by atoms with Gasteiger partial charge in [-0.2, -0.15) is 0 Å². The van der Waals surface area contributed by atoms with Crippen LogP contribution in [0.1, 0.15) is 24.5 Å². The molecule has 1 atom stereocenters. The van der Waals surface area contributed by atoms with Gasteiger partial charge in [-0.25, -0.2) is 8.42 Å². The highest BCUT2D eigenvalue weighted by atomic mass is 35.5. The molecule has 3 rings (SSSR count). The minimum absolute atomic E-state index is 0.00495. The van der Waals surface area contributed by atoms with E-state index < -0.39 is 28.5 Å². The summed E-state index contributed by atoms with van der Waals surface area (Å²) in [6.45, 7) is 1.85. The lowest BCUT2D eigenvalue weighted by Crippen LogP contribution is -2.53. The first-order chi connectivity index (χ1) is 18.5. The van der Waals surface area contributed by atoms with Crippen LogP contribution < -0.4 is 9.62 Å². The van der Waals surface area contributed by atoms with Gasteiger partial charge < -0.3 is 10.2 Å². The first kappa shape index (κ1) is 30.8. The van der Waals surface area contributed by atoms with Crippen LogP contribution in [0.5, 0.6) is 0 Å². The van der Waals surface area contributed by atoms with E-state index in [-0.39, 0.29) is 24.6 Å². The number of hydrogen-bond acceptors (Lipinski definition) is 4. The molecule has 11 heteroatoms. The van der Waals surface area contributed by atoms with E-state index in [2.05, 4.69) is 5.32 Å². The van der Waals surface area contributed by atoms with Gasteiger partial charge >= 0.3 is 0 Å². The van der Waals surface area contributed by atoms with Crippen LogP contribution in [-0.2, 0) is 32.6 Å². The minimum Gasteiger partial charge on any atom is -0.354 e. The Morgan fingerprint density at radius 3 is 2.15 bits per heavy atom. The molecule has 0 heterocycles. The van der Waals surface area contributed by atoms with Crippen molar-refractivity contribution in [3.63, 3.8) is 0 Å². The van der Waals surface area contributed by atoms with Crippen LogP contribution in [0.15, 0.2) is 72.8 Å². The molecule has 3 aromatic carbocycles. The van der Waals surface area contributed by atoms with Crippen LogP contribution >= 0.6 is 34.8 Å². The first-order valence-corrected chi connectivity index (χ1v) is 15.3. The number of carbonyl (C=O) groups is 2. The Balaban J connectivity index is 2.05. The maximum absolute atomic E-state index is 14.0. The molecule has 0 aromatic heterocycles. The fraction of sp³-hybridized carbons (Fsp3) is 0.286. The van der Waals surface area contributed by atoms with E-state index in [1.807, 2.05) is 37.3 Å². The summed E-state index contributed by atoms with van der Waals surface area (Å²) in [4.78, 5) is 28.8. The third-order valence-electron chi connectivity index (χ3n) is 5.95. The van der Waals surface area contributed by atoms with Gasteiger partial charge in [-0.15, -0.1) is 0 Å². The van der Waals surface area contributed by atoms with Gasteiger partial charge in [0.2, 0.25) is 21.8 Å². The van der Waals surface area contributed by atoms with Gasteiger partial charge in [0.05, 0.1) is 22.0 Å². The Bertz CT molecular complexity index is 1390. The number of anilines is 1. The summed E-state index contributed by atoms with van der Waals surface area (Å²) in [7, 11) is -3.86. The number of nitrogens with one attached hydrogen (secondary N) is 1. The highest BCUT2D eigenvalue weighted by Crippen LogP contribution is 2.25. The maximum atomic E-state index is 14.0. The molecule has 0 saturated heterocycles. The molecule has 2 amide bonds. The van der Waals surface area contributed by atoms with E-state index in [0.717, 1.165) is 16.1 Å². The van der Waals surface area contributed by atoms with Crippen LogP contribution in [0.4, 0.5) is 5.69 Å². The summed E-state index contributed by atoms with van der Waals surface area (Å²) in [5, 5.41) is 3.97. The first-order valence-electron chi connectivity index (χ1n) is 12.3. The number of halogens is 3. The Labute approximate surface area is 244 Å². The molecular weight excluding hydrogens is 581 g/mol. The molecule has 3 aromatic rings. The molecule has 0 aliphatic heterocycles. The van der Waals surface area contributed by atoms with Crippen molar-refractivity contribution < 1.29 is 18.0 Å². The summed E-state index contributed by atoms with van der Waals surface area (Å²) in [6.07, 6.45) is 1.96. The molecule has 0 fully saturated rings. The van der Waals surface area contributed by atoms with Crippen molar-refractivity contribution in [2.24, 2.45) is 0 Å². The third-order valence-corrected chi connectivity index (χ3v) is 8.08. The monoisotopic (exact) mass is 609 g/mol. The zero-order chi connectivity index (χ0) is 28.6. The summed E-state index contributed by atoms with van der Waals surface area (Å²) >= 11 is 18.3. The molecular formula is C28H30Cl3N3O4S. The van der Waals surface area contributed by atoms with Crippen molar-refractivity contribution in [2.75, 3.05) is 23.7 Å². The number of carbonyl (C=O) groups excluding carboxylic acids is 2. The van der Waals surface area contributed by atoms with Crippen molar-refractivity contribution >= 4 is 62.3 Å². The van der Waals surface area contributed by atoms with Crippen LogP contribution in [-0.4, -0.2) is 50.5 Å². The average Bonchev–Trinajstić information content (AvgIpc) is 2.90. The smallest absolute Gasteiger partial charge is 0.244 e. The number of amides is 2. The second-order valence-electron chi connectivity index (χ2n) is 9.01. The lowest BCUT2D eigenvalue weighted by atomic mass is 10.0. The molecule has 0 aliphatic carbocycles. The van der Waals surface area contributed by atoms with Gasteiger partial charge in [-0.05, 0) is 53.9 Å². The van der Waals surface area contributed by atoms with Crippen molar-refractivity contribution in [1.29, 1.82) is 0 Å². The van der Waals surface area contributed by atoms with E-state index in [1.165, 1.54) is 17.0 Å². The number of sulfonamides is 1. The summed E-state index contributed by atoms with van der Waals surface area (Å²) < 4.78 is 26.5. The zero-order valence-electron chi connectivity index (χ0n) is 21.6. The van der Waals surface area contributed by atoms with Gasteiger partial charge in [-0.1, -0.05) is 78.1 Å². The topological polar surface area (TPSA) is 86.8 Å². The molecule has 208 valence electrons. The quantitative estimate of drug-likeness (QED) is 0.290. The Kier molecular flexibility index (Phi) is 11.1. The number of nitrogens with zero attached hydrogens (tertiary/aromatic N) is 2. The average molecular weight is 611 g/mol.